The molecule has 3 rings (SSSR count). The Hall–Kier alpha value is -2.88. The molecule has 1 aromatic heterocycles. The van der Waals surface area contributed by atoms with E-state index in [4.69, 9.17) is 10.00 Å². The van der Waals surface area contributed by atoms with Crippen molar-refractivity contribution in [2.24, 2.45) is 0 Å². The van der Waals surface area contributed by atoms with E-state index in [9.17, 15) is 4.79 Å². The van der Waals surface area contributed by atoms with Gasteiger partial charge in [0, 0.05) is 19.5 Å². The fraction of sp³-hybridized carbons (Fsp3) is 0.412. The molecule has 0 bridgehead atoms. The van der Waals surface area contributed by atoms with Gasteiger partial charge in [-0.3, -0.25) is 4.79 Å². The van der Waals surface area contributed by atoms with Crippen LogP contribution < -0.4 is 4.74 Å². The zero-order valence-electron chi connectivity index (χ0n) is 13.8. The average Bonchev–Trinajstić information content (AvgIpc) is 3.03. The van der Waals surface area contributed by atoms with Crippen molar-refractivity contribution in [3.05, 3.63) is 41.5 Å². The summed E-state index contributed by atoms with van der Waals surface area (Å²) in [6, 6.07) is 8.86. The van der Waals surface area contributed by atoms with Crippen molar-refractivity contribution >= 4 is 5.91 Å². The van der Waals surface area contributed by atoms with Crippen LogP contribution in [0.2, 0.25) is 0 Å². The molecular formula is C17H19N5O2. The molecule has 1 amide bonds. The fourth-order valence-corrected chi connectivity index (χ4v) is 2.82. The molecule has 0 unspecified atom stereocenters. The second kappa shape index (κ2) is 6.71. The number of hydrogen-bond donors (Lipinski definition) is 0. The van der Waals surface area contributed by atoms with Gasteiger partial charge in [-0.25, -0.2) is 0 Å². The summed E-state index contributed by atoms with van der Waals surface area (Å²) in [6.07, 6.45) is 0.203. The first kappa shape index (κ1) is 16.0. The number of nitriles is 1. The molecule has 1 aliphatic rings. The van der Waals surface area contributed by atoms with Crippen molar-refractivity contribution < 1.29 is 9.53 Å². The Labute approximate surface area is 140 Å². The number of ether oxygens (including phenoxy) is 1. The summed E-state index contributed by atoms with van der Waals surface area (Å²) in [5, 5.41) is 17.3. The summed E-state index contributed by atoms with van der Waals surface area (Å²) in [6.45, 7) is 5.52. The molecule has 0 radical (unpaired) electrons. The monoisotopic (exact) mass is 325 g/mol. The number of benzene rings is 1. The smallest absolute Gasteiger partial charge is 0.263 e. The third kappa shape index (κ3) is 3.08. The summed E-state index contributed by atoms with van der Waals surface area (Å²) in [4.78, 5) is 14.4. The quantitative estimate of drug-likeness (QED) is 0.851. The Balaban J connectivity index is 1.67. The fourth-order valence-electron chi connectivity index (χ4n) is 2.82. The second-order valence-corrected chi connectivity index (χ2v) is 5.70. The summed E-state index contributed by atoms with van der Waals surface area (Å²) >= 11 is 0. The van der Waals surface area contributed by atoms with Crippen LogP contribution in [0, 0.1) is 11.3 Å². The molecule has 1 atom stereocenters. The highest BCUT2D eigenvalue weighted by Crippen LogP contribution is 2.18. The highest BCUT2D eigenvalue weighted by molar-refractivity contribution is 5.81. The second-order valence-electron chi connectivity index (χ2n) is 5.70. The van der Waals surface area contributed by atoms with Crippen LogP contribution in [0.3, 0.4) is 0 Å². The minimum Gasteiger partial charge on any atom is -0.481 e. The van der Waals surface area contributed by atoms with Crippen LogP contribution in [-0.2, 0) is 24.3 Å². The topological polar surface area (TPSA) is 84.0 Å². The average molecular weight is 325 g/mol. The zero-order valence-corrected chi connectivity index (χ0v) is 13.8. The number of rotatable bonds is 4. The lowest BCUT2D eigenvalue weighted by atomic mass is 10.2. The van der Waals surface area contributed by atoms with E-state index in [1.165, 1.54) is 0 Å². The summed E-state index contributed by atoms with van der Waals surface area (Å²) in [5.74, 6) is 2.19. The summed E-state index contributed by atoms with van der Waals surface area (Å²) < 4.78 is 7.78. The number of nitrogens with zero attached hydrogens (tertiary/aromatic N) is 5. The van der Waals surface area contributed by atoms with Gasteiger partial charge in [-0.1, -0.05) is 13.0 Å². The number of aryl methyl sites for hydroxylation is 1. The van der Waals surface area contributed by atoms with Crippen molar-refractivity contribution in [1.29, 1.82) is 5.26 Å². The molecule has 124 valence electrons. The lowest BCUT2D eigenvalue weighted by Crippen LogP contribution is -2.44. The molecule has 0 N–H and O–H groups in total. The van der Waals surface area contributed by atoms with Crippen LogP contribution >= 0.6 is 0 Å². The maximum absolute atomic E-state index is 12.6. The van der Waals surface area contributed by atoms with Gasteiger partial charge in [0.2, 0.25) is 0 Å². The molecule has 0 aliphatic carbocycles. The molecule has 7 nitrogen and oxygen atoms in total. The van der Waals surface area contributed by atoms with E-state index in [2.05, 4.69) is 20.8 Å². The van der Waals surface area contributed by atoms with Crippen molar-refractivity contribution in [1.82, 2.24) is 19.7 Å². The molecule has 2 aromatic rings. The minimum absolute atomic E-state index is 0.0929. The molecular weight excluding hydrogens is 306 g/mol. The van der Waals surface area contributed by atoms with E-state index < -0.39 is 6.10 Å². The number of aromatic nitrogens is 3. The summed E-state index contributed by atoms with van der Waals surface area (Å²) in [5.41, 5.74) is 0.505. The third-order valence-electron chi connectivity index (χ3n) is 4.08. The van der Waals surface area contributed by atoms with Crippen molar-refractivity contribution in [2.75, 3.05) is 6.54 Å². The minimum atomic E-state index is -0.626. The van der Waals surface area contributed by atoms with Crippen LogP contribution in [0.1, 0.15) is 31.1 Å². The first-order valence-corrected chi connectivity index (χ1v) is 7.99. The third-order valence-corrected chi connectivity index (χ3v) is 4.08. The largest absolute Gasteiger partial charge is 0.481 e. The van der Waals surface area contributed by atoms with Gasteiger partial charge in [0.05, 0.1) is 18.2 Å². The Morgan fingerprint density at radius 3 is 3.00 bits per heavy atom. The molecule has 24 heavy (non-hydrogen) atoms. The Morgan fingerprint density at radius 1 is 1.42 bits per heavy atom. The molecule has 1 aliphatic heterocycles. The van der Waals surface area contributed by atoms with Crippen LogP contribution in [0.5, 0.6) is 5.75 Å². The van der Waals surface area contributed by atoms with Gasteiger partial charge in [-0.15, -0.1) is 10.2 Å². The predicted molar refractivity (Wildman–Crippen MR) is 86.1 cm³/mol. The van der Waals surface area contributed by atoms with Crippen LogP contribution in [0.25, 0.3) is 0 Å². The molecule has 0 saturated heterocycles. The van der Waals surface area contributed by atoms with E-state index in [-0.39, 0.29) is 5.91 Å². The van der Waals surface area contributed by atoms with Crippen LogP contribution in [0.4, 0.5) is 0 Å². The number of fused-ring (bicyclic) bond motifs is 1. The molecule has 2 heterocycles. The lowest BCUT2D eigenvalue weighted by Gasteiger charge is -2.30. The molecule has 0 saturated carbocycles. The molecule has 7 heteroatoms. The zero-order chi connectivity index (χ0) is 17.1. The Kier molecular flexibility index (Phi) is 4.47. The Morgan fingerprint density at radius 2 is 2.25 bits per heavy atom. The van der Waals surface area contributed by atoms with Crippen LogP contribution in [0.15, 0.2) is 24.3 Å². The first-order chi connectivity index (χ1) is 11.6. The highest BCUT2D eigenvalue weighted by atomic mass is 16.5. The highest BCUT2D eigenvalue weighted by Gasteiger charge is 2.28. The Bertz CT molecular complexity index is 793. The normalized spacial score (nSPS) is 14.6. The van der Waals surface area contributed by atoms with Gasteiger partial charge < -0.3 is 14.2 Å². The van der Waals surface area contributed by atoms with Gasteiger partial charge in [0.25, 0.3) is 5.91 Å². The van der Waals surface area contributed by atoms with Crippen molar-refractivity contribution in [3.63, 3.8) is 0 Å². The SMILES string of the molecule is CCc1nnc2n1CCN(C(=O)[C@@H](C)Oc1cccc(C#N)c1)C2. The van der Waals surface area contributed by atoms with Gasteiger partial charge in [0.1, 0.15) is 11.6 Å². The first-order valence-electron chi connectivity index (χ1n) is 7.99. The van der Waals surface area contributed by atoms with E-state index in [1.807, 2.05) is 6.92 Å². The van der Waals surface area contributed by atoms with Gasteiger partial charge in [0.15, 0.2) is 11.9 Å². The maximum atomic E-state index is 12.6. The molecule has 0 fully saturated rings. The number of hydrogen-bond acceptors (Lipinski definition) is 5. The van der Waals surface area contributed by atoms with Crippen molar-refractivity contribution in [2.45, 2.75) is 39.5 Å². The van der Waals surface area contributed by atoms with Gasteiger partial charge >= 0.3 is 0 Å². The predicted octanol–water partition coefficient (Wildman–Crippen LogP) is 1.52. The summed E-state index contributed by atoms with van der Waals surface area (Å²) in [7, 11) is 0. The standard InChI is InChI=1S/C17H19N5O2/c1-3-15-19-20-16-11-21(7-8-22(15)16)17(23)12(2)24-14-6-4-5-13(9-14)10-18/h4-6,9,12H,3,7-8,11H2,1-2H3/t12-/m1/s1. The van der Waals surface area contributed by atoms with Crippen molar-refractivity contribution in [3.8, 4) is 11.8 Å². The molecule has 0 spiro atoms. The number of amides is 1. The van der Waals surface area contributed by atoms with E-state index in [0.717, 1.165) is 18.1 Å². The molecule has 1 aromatic carbocycles. The lowest BCUT2D eigenvalue weighted by molar-refractivity contribution is -0.139. The number of carbonyl (C=O) groups excluding carboxylic acids is 1. The van der Waals surface area contributed by atoms with Gasteiger partial charge in [-0.05, 0) is 25.1 Å². The van der Waals surface area contributed by atoms with E-state index >= 15 is 0 Å². The maximum Gasteiger partial charge on any atom is 0.263 e. The number of carbonyl (C=O) groups is 1. The van der Waals surface area contributed by atoms with E-state index in [0.29, 0.717) is 30.9 Å². The van der Waals surface area contributed by atoms with Gasteiger partial charge in [-0.2, -0.15) is 5.26 Å². The van der Waals surface area contributed by atoms with Crippen LogP contribution in [-0.4, -0.2) is 38.2 Å². The van der Waals surface area contributed by atoms with E-state index in [1.54, 1.807) is 36.1 Å².